The molecule has 1 aromatic carbocycles. The Morgan fingerprint density at radius 2 is 2.00 bits per heavy atom. The number of anilines is 2. The summed E-state index contributed by atoms with van der Waals surface area (Å²) in [5, 5.41) is 3.26. The topological polar surface area (TPSA) is 60.2 Å². The summed E-state index contributed by atoms with van der Waals surface area (Å²) in [4.78, 5) is 4.24. The van der Waals surface area contributed by atoms with Crippen LogP contribution >= 0.6 is 0 Å². The highest BCUT2D eigenvalue weighted by atomic mass is 16.5. The molecule has 4 nitrogen and oxygen atoms in total. The maximum Gasteiger partial charge on any atom is 0.168 e. The van der Waals surface area contributed by atoms with E-state index in [1.165, 1.54) is 5.56 Å². The molecule has 0 radical (unpaired) electrons. The lowest BCUT2D eigenvalue weighted by Gasteiger charge is -2.09. The molecular formula is C14H17N3O. The van der Waals surface area contributed by atoms with Gasteiger partial charge in [0.15, 0.2) is 11.6 Å². The molecule has 0 spiro atoms. The molecule has 0 aliphatic rings. The van der Waals surface area contributed by atoms with Crippen LogP contribution in [-0.4, -0.2) is 18.6 Å². The molecule has 1 aromatic heterocycles. The minimum absolute atomic E-state index is 0.759. The van der Waals surface area contributed by atoms with Gasteiger partial charge in [0.2, 0.25) is 0 Å². The van der Waals surface area contributed by atoms with E-state index >= 15 is 0 Å². The second-order valence-corrected chi connectivity index (χ2v) is 3.97. The quantitative estimate of drug-likeness (QED) is 0.791. The highest BCUT2D eigenvalue weighted by Crippen LogP contribution is 2.19. The number of hydrogen-bond acceptors (Lipinski definition) is 4. The fourth-order valence-corrected chi connectivity index (χ4v) is 1.70. The van der Waals surface area contributed by atoms with Gasteiger partial charge in [-0.15, -0.1) is 0 Å². The lowest BCUT2D eigenvalue weighted by Crippen LogP contribution is -2.07. The van der Waals surface area contributed by atoms with Crippen LogP contribution in [0.3, 0.4) is 0 Å². The lowest BCUT2D eigenvalue weighted by molar-refractivity contribution is 0.415. The van der Waals surface area contributed by atoms with Gasteiger partial charge in [0.05, 0.1) is 7.11 Å². The van der Waals surface area contributed by atoms with Crippen LogP contribution in [0.25, 0.3) is 0 Å². The number of nitrogen functional groups attached to an aromatic ring is 1. The maximum atomic E-state index is 5.64. The summed E-state index contributed by atoms with van der Waals surface area (Å²) in [6.45, 7) is 0.803. The molecule has 2 aromatic rings. The number of nitrogens with two attached hydrogens (primary N) is 1. The minimum Gasteiger partial charge on any atom is -0.493 e. The average molecular weight is 243 g/mol. The molecule has 0 aliphatic heterocycles. The Labute approximate surface area is 107 Å². The van der Waals surface area contributed by atoms with E-state index in [-0.39, 0.29) is 0 Å². The summed E-state index contributed by atoms with van der Waals surface area (Å²) >= 11 is 0. The van der Waals surface area contributed by atoms with Crippen LogP contribution in [0.1, 0.15) is 5.56 Å². The Kier molecular flexibility index (Phi) is 4.02. The Bertz CT molecular complexity index is 497. The van der Waals surface area contributed by atoms with Gasteiger partial charge in [0, 0.05) is 18.4 Å². The van der Waals surface area contributed by atoms with Gasteiger partial charge in [0.1, 0.15) is 0 Å². The summed E-state index contributed by atoms with van der Waals surface area (Å²) in [6.07, 6.45) is 2.66. The van der Waals surface area contributed by atoms with Crippen molar-refractivity contribution in [3.8, 4) is 5.75 Å². The fourth-order valence-electron chi connectivity index (χ4n) is 1.70. The number of aromatic nitrogens is 1. The number of rotatable bonds is 5. The van der Waals surface area contributed by atoms with Crippen molar-refractivity contribution in [3.63, 3.8) is 0 Å². The first kappa shape index (κ1) is 12.2. The van der Waals surface area contributed by atoms with Crippen LogP contribution in [0.4, 0.5) is 11.5 Å². The molecule has 0 bridgehead atoms. The number of methoxy groups -OCH3 is 1. The Balaban J connectivity index is 1.90. The largest absolute Gasteiger partial charge is 0.493 e. The third-order valence-electron chi connectivity index (χ3n) is 2.68. The van der Waals surface area contributed by atoms with Gasteiger partial charge in [-0.2, -0.15) is 0 Å². The maximum absolute atomic E-state index is 5.64. The van der Waals surface area contributed by atoms with Crippen LogP contribution < -0.4 is 15.8 Å². The van der Waals surface area contributed by atoms with Crippen molar-refractivity contribution in [1.82, 2.24) is 4.98 Å². The van der Waals surface area contributed by atoms with E-state index in [4.69, 9.17) is 10.5 Å². The standard InChI is InChI=1S/C14H17N3O/c1-18-13-3-2-9-16-14(13)17-10-8-11-4-6-12(15)7-5-11/h2-7,9H,8,10,15H2,1H3,(H,16,17). The zero-order chi connectivity index (χ0) is 12.8. The van der Waals surface area contributed by atoms with E-state index in [9.17, 15) is 0 Å². The molecule has 1 heterocycles. The van der Waals surface area contributed by atoms with Crippen LogP contribution in [-0.2, 0) is 6.42 Å². The van der Waals surface area contributed by atoms with E-state index < -0.39 is 0 Å². The number of ether oxygens (including phenoxy) is 1. The number of hydrogen-bond donors (Lipinski definition) is 2. The summed E-state index contributed by atoms with van der Waals surface area (Å²) in [5.41, 5.74) is 7.67. The molecule has 0 fully saturated rings. The third kappa shape index (κ3) is 3.13. The van der Waals surface area contributed by atoms with E-state index in [1.807, 2.05) is 36.4 Å². The summed E-state index contributed by atoms with van der Waals surface area (Å²) in [6, 6.07) is 11.6. The van der Waals surface area contributed by atoms with Crippen LogP contribution in [0.15, 0.2) is 42.6 Å². The molecule has 2 rings (SSSR count). The van der Waals surface area contributed by atoms with Crippen molar-refractivity contribution in [3.05, 3.63) is 48.2 Å². The normalized spacial score (nSPS) is 10.1. The first-order valence-corrected chi connectivity index (χ1v) is 5.87. The van der Waals surface area contributed by atoms with Crippen LogP contribution in [0.2, 0.25) is 0 Å². The van der Waals surface area contributed by atoms with E-state index in [1.54, 1.807) is 13.3 Å². The van der Waals surface area contributed by atoms with E-state index in [0.29, 0.717) is 0 Å². The molecule has 0 saturated heterocycles. The third-order valence-corrected chi connectivity index (χ3v) is 2.68. The average Bonchev–Trinajstić information content (AvgIpc) is 2.41. The molecule has 0 amide bonds. The van der Waals surface area contributed by atoms with E-state index in [0.717, 1.165) is 30.2 Å². The summed E-state index contributed by atoms with van der Waals surface area (Å²) in [5.74, 6) is 1.53. The monoisotopic (exact) mass is 243 g/mol. The zero-order valence-electron chi connectivity index (χ0n) is 10.4. The van der Waals surface area contributed by atoms with Gasteiger partial charge in [0.25, 0.3) is 0 Å². The van der Waals surface area contributed by atoms with Gasteiger partial charge in [-0.1, -0.05) is 12.1 Å². The second-order valence-electron chi connectivity index (χ2n) is 3.97. The van der Waals surface area contributed by atoms with Gasteiger partial charge in [-0.25, -0.2) is 4.98 Å². The molecule has 94 valence electrons. The van der Waals surface area contributed by atoms with Gasteiger partial charge < -0.3 is 15.8 Å². The van der Waals surface area contributed by atoms with Crippen molar-refractivity contribution < 1.29 is 4.74 Å². The Morgan fingerprint density at radius 1 is 1.22 bits per heavy atom. The predicted octanol–water partition coefficient (Wildman–Crippen LogP) is 2.33. The van der Waals surface area contributed by atoms with Gasteiger partial charge >= 0.3 is 0 Å². The van der Waals surface area contributed by atoms with Gasteiger partial charge in [-0.05, 0) is 36.2 Å². The van der Waals surface area contributed by atoms with Crippen LogP contribution in [0, 0.1) is 0 Å². The second kappa shape index (κ2) is 5.91. The Morgan fingerprint density at radius 3 is 2.72 bits per heavy atom. The number of pyridine rings is 1. The highest BCUT2D eigenvalue weighted by molar-refractivity contribution is 5.49. The zero-order valence-corrected chi connectivity index (χ0v) is 10.4. The lowest BCUT2D eigenvalue weighted by atomic mass is 10.1. The van der Waals surface area contributed by atoms with Crippen molar-refractivity contribution in [1.29, 1.82) is 0 Å². The number of nitrogens with zero attached hydrogens (tertiary/aromatic N) is 1. The molecule has 0 atom stereocenters. The molecule has 4 heteroatoms. The van der Waals surface area contributed by atoms with Crippen molar-refractivity contribution in [2.45, 2.75) is 6.42 Å². The smallest absolute Gasteiger partial charge is 0.168 e. The molecule has 0 aliphatic carbocycles. The van der Waals surface area contributed by atoms with Crippen LogP contribution in [0.5, 0.6) is 5.75 Å². The summed E-state index contributed by atoms with van der Waals surface area (Å²) in [7, 11) is 1.64. The number of benzene rings is 1. The molecule has 0 unspecified atom stereocenters. The SMILES string of the molecule is COc1cccnc1NCCc1ccc(N)cc1. The first-order chi connectivity index (χ1) is 8.79. The highest BCUT2D eigenvalue weighted by Gasteiger charge is 2.01. The molecule has 0 saturated carbocycles. The van der Waals surface area contributed by atoms with Gasteiger partial charge in [-0.3, -0.25) is 0 Å². The van der Waals surface area contributed by atoms with Crippen molar-refractivity contribution in [2.24, 2.45) is 0 Å². The number of nitrogens with one attached hydrogen (secondary N) is 1. The van der Waals surface area contributed by atoms with Crippen molar-refractivity contribution >= 4 is 11.5 Å². The van der Waals surface area contributed by atoms with Crippen molar-refractivity contribution in [2.75, 3.05) is 24.7 Å². The summed E-state index contributed by atoms with van der Waals surface area (Å²) < 4.78 is 5.22. The fraction of sp³-hybridized carbons (Fsp3) is 0.214. The van der Waals surface area contributed by atoms with E-state index in [2.05, 4.69) is 10.3 Å². The predicted molar refractivity (Wildman–Crippen MR) is 73.8 cm³/mol. The molecule has 18 heavy (non-hydrogen) atoms. The Hall–Kier alpha value is -2.23. The molecular weight excluding hydrogens is 226 g/mol. The minimum atomic E-state index is 0.759. The molecule has 3 N–H and O–H groups in total. The first-order valence-electron chi connectivity index (χ1n) is 5.87.